The number of hydrogen-bond acceptors (Lipinski definition) is 6. The van der Waals surface area contributed by atoms with E-state index < -0.39 is 12.0 Å². The molecular formula is C24H29N5O3. The molecule has 0 bridgehead atoms. The highest BCUT2D eigenvalue weighted by molar-refractivity contribution is 5.86. The Morgan fingerprint density at radius 2 is 1.75 bits per heavy atom. The second kappa shape index (κ2) is 10.8. The first kappa shape index (κ1) is 23.3. The average Bonchev–Trinajstić information content (AvgIpc) is 3.27. The number of benzene rings is 2. The first-order chi connectivity index (χ1) is 15.4. The molecule has 1 atom stereocenters. The van der Waals surface area contributed by atoms with E-state index in [4.69, 9.17) is 0 Å². The first-order valence-corrected chi connectivity index (χ1v) is 10.9. The van der Waals surface area contributed by atoms with Gasteiger partial charge < -0.3 is 10.4 Å². The van der Waals surface area contributed by atoms with E-state index in [1.165, 1.54) is 4.68 Å². The van der Waals surface area contributed by atoms with Crippen LogP contribution in [0.5, 0.6) is 0 Å². The smallest absolute Gasteiger partial charge is 0.320 e. The summed E-state index contributed by atoms with van der Waals surface area (Å²) in [4.78, 5) is 23.9. The van der Waals surface area contributed by atoms with Gasteiger partial charge in [-0.3, -0.25) is 9.59 Å². The summed E-state index contributed by atoms with van der Waals surface area (Å²) in [5, 5.41) is 24.2. The van der Waals surface area contributed by atoms with Crippen LogP contribution in [0.4, 0.5) is 0 Å². The maximum absolute atomic E-state index is 12.5. The van der Waals surface area contributed by atoms with Crippen LogP contribution in [0.25, 0.3) is 22.5 Å². The van der Waals surface area contributed by atoms with E-state index >= 15 is 0 Å². The molecule has 2 aromatic carbocycles. The van der Waals surface area contributed by atoms with Crippen LogP contribution in [0, 0.1) is 5.92 Å². The molecule has 0 saturated carbocycles. The molecule has 3 rings (SSSR count). The van der Waals surface area contributed by atoms with Crippen LogP contribution in [0.1, 0.15) is 50.4 Å². The molecule has 168 valence electrons. The minimum absolute atomic E-state index is 0.00959. The maximum atomic E-state index is 12.5. The van der Waals surface area contributed by atoms with Gasteiger partial charge in [-0.2, -0.15) is 4.68 Å². The second-order valence-electron chi connectivity index (χ2n) is 8.09. The number of aromatic nitrogens is 4. The molecule has 0 spiro atoms. The van der Waals surface area contributed by atoms with Crippen molar-refractivity contribution in [1.82, 2.24) is 25.5 Å². The zero-order valence-electron chi connectivity index (χ0n) is 18.7. The Bertz CT molecular complexity index is 1060. The number of nitrogens with zero attached hydrogens (tertiary/aromatic N) is 4. The van der Waals surface area contributed by atoms with Crippen LogP contribution in [-0.4, -0.2) is 43.2 Å². The number of tetrazole rings is 1. The summed E-state index contributed by atoms with van der Waals surface area (Å²) in [6.45, 7) is 6.26. The van der Waals surface area contributed by atoms with Crippen LogP contribution < -0.4 is 5.32 Å². The van der Waals surface area contributed by atoms with E-state index in [1.807, 2.05) is 69.3 Å². The average molecular weight is 436 g/mol. The van der Waals surface area contributed by atoms with Gasteiger partial charge in [0.15, 0.2) is 5.82 Å². The lowest BCUT2D eigenvalue weighted by molar-refractivity contribution is -0.140. The topological polar surface area (TPSA) is 110 Å². The Labute approximate surface area is 187 Å². The van der Waals surface area contributed by atoms with Crippen LogP contribution in [0.15, 0.2) is 48.5 Å². The molecule has 2 N–H and O–H groups in total. The summed E-state index contributed by atoms with van der Waals surface area (Å²) >= 11 is 0. The lowest BCUT2D eigenvalue weighted by atomic mass is 9.98. The van der Waals surface area contributed by atoms with Gasteiger partial charge in [-0.15, -0.1) is 5.10 Å². The Morgan fingerprint density at radius 1 is 1.06 bits per heavy atom. The molecule has 1 heterocycles. The molecule has 3 aromatic rings. The predicted octanol–water partition coefficient (Wildman–Crippen LogP) is 4.04. The van der Waals surface area contributed by atoms with Crippen LogP contribution >= 0.6 is 0 Å². The van der Waals surface area contributed by atoms with Crippen molar-refractivity contribution in [2.24, 2.45) is 5.92 Å². The fraction of sp³-hybridized carbons (Fsp3) is 0.375. The molecule has 0 aliphatic rings. The normalized spacial score (nSPS) is 12.1. The van der Waals surface area contributed by atoms with E-state index in [0.29, 0.717) is 18.8 Å². The third-order valence-electron chi connectivity index (χ3n) is 5.34. The Hall–Kier alpha value is -3.39. The number of rotatable bonds is 10. The first-order valence-electron chi connectivity index (χ1n) is 10.9. The lowest BCUT2D eigenvalue weighted by Gasteiger charge is -2.18. The summed E-state index contributed by atoms with van der Waals surface area (Å²) < 4.78 is 1.28. The summed E-state index contributed by atoms with van der Waals surface area (Å²) in [6.07, 6.45) is 2.10. The van der Waals surface area contributed by atoms with E-state index in [2.05, 4.69) is 20.8 Å². The minimum Gasteiger partial charge on any atom is -0.480 e. The zero-order chi connectivity index (χ0) is 23.1. The monoisotopic (exact) mass is 435 g/mol. The molecule has 0 saturated heterocycles. The molecule has 1 aromatic heterocycles. The molecule has 8 nitrogen and oxygen atoms in total. The third kappa shape index (κ3) is 5.45. The van der Waals surface area contributed by atoms with Gasteiger partial charge in [0.1, 0.15) is 6.04 Å². The largest absolute Gasteiger partial charge is 0.480 e. The van der Waals surface area contributed by atoms with Gasteiger partial charge in [0, 0.05) is 18.5 Å². The molecule has 0 amide bonds. The SMILES string of the molecule is CCCCC(=O)n1nnnc1-c1ccccc1-c1ccc(CN[C@H](C(=O)O)C(C)C)cc1. The quantitative estimate of drug-likeness (QED) is 0.463. The fourth-order valence-electron chi connectivity index (χ4n) is 3.52. The van der Waals surface area contributed by atoms with Crippen LogP contribution in [-0.2, 0) is 11.3 Å². The molecule has 32 heavy (non-hydrogen) atoms. The van der Waals surface area contributed by atoms with Crippen LogP contribution in [0.2, 0.25) is 0 Å². The molecule has 0 aliphatic carbocycles. The van der Waals surface area contributed by atoms with E-state index in [0.717, 1.165) is 35.1 Å². The molecule has 0 radical (unpaired) electrons. The van der Waals surface area contributed by atoms with Crippen molar-refractivity contribution >= 4 is 11.9 Å². The second-order valence-corrected chi connectivity index (χ2v) is 8.09. The van der Waals surface area contributed by atoms with Gasteiger partial charge in [0.05, 0.1) is 0 Å². The Kier molecular flexibility index (Phi) is 7.83. The molecule has 0 unspecified atom stereocenters. The van der Waals surface area contributed by atoms with Gasteiger partial charge in [0.2, 0.25) is 5.91 Å². The standard InChI is InChI=1S/C24H29N5O3/c1-4-5-10-21(30)29-23(26-27-28-29)20-9-7-6-8-19(20)18-13-11-17(12-14-18)15-25-22(16(2)3)24(31)32/h6-9,11-14,16,22,25H,4-5,10,15H2,1-3H3,(H,31,32)/t22-/m0/s1. The highest BCUT2D eigenvalue weighted by Gasteiger charge is 2.21. The number of nitrogens with one attached hydrogen (secondary N) is 1. The van der Waals surface area contributed by atoms with E-state index in [9.17, 15) is 14.7 Å². The number of carboxylic acids is 1. The number of hydrogen-bond donors (Lipinski definition) is 2. The van der Waals surface area contributed by atoms with Crippen molar-refractivity contribution in [2.45, 2.75) is 52.6 Å². The summed E-state index contributed by atoms with van der Waals surface area (Å²) in [5.74, 6) is -0.559. The van der Waals surface area contributed by atoms with Crippen molar-refractivity contribution in [3.63, 3.8) is 0 Å². The van der Waals surface area contributed by atoms with Crippen molar-refractivity contribution in [2.75, 3.05) is 0 Å². The fourth-order valence-corrected chi connectivity index (χ4v) is 3.52. The van der Waals surface area contributed by atoms with E-state index in [-0.39, 0.29) is 11.8 Å². The van der Waals surface area contributed by atoms with Crippen molar-refractivity contribution in [3.05, 3.63) is 54.1 Å². The highest BCUT2D eigenvalue weighted by Crippen LogP contribution is 2.31. The van der Waals surface area contributed by atoms with E-state index in [1.54, 1.807) is 0 Å². The third-order valence-corrected chi connectivity index (χ3v) is 5.34. The molecular weight excluding hydrogens is 406 g/mol. The number of aliphatic carboxylic acids is 1. The number of unbranched alkanes of at least 4 members (excludes halogenated alkanes) is 1. The zero-order valence-corrected chi connectivity index (χ0v) is 18.7. The Morgan fingerprint density at radius 3 is 2.38 bits per heavy atom. The van der Waals surface area contributed by atoms with Crippen LogP contribution in [0.3, 0.4) is 0 Å². The van der Waals surface area contributed by atoms with Gasteiger partial charge in [-0.05, 0) is 39.5 Å². The molecule has 0 fully saturated rings. The lowest BCUT2D eigenvalue weighted by Crippen LogP contribution is -2.40. The van der Waals surface area contributed by atoms with Gasteiger partial charge in [-0.1, -0.05) is 75.7 Å². The number of carboxylic acid groups (broad SMARTS) is 1. The molecule has 0 aliphatic heterocycles. The summed E-state index contributed by atoms with van der Waals surface area (Å²) in [5.41, 5.74) is 3.63. The minimum atomic E-state index is -0.850. The van der Waals surface area contributed by atoms with Gasteiger partial charge in [0.25, 0.3) is 0 Å². The predicted molar refractivity (Wildman–Crippen MR) is 122 cm³/mol. The Balaban J connectivity index is 1.83. The number of carbonyl (C=O) groups is 2. The van der Waals surface area contributed by atoms with Crippen molar-refractivity contribution in [3.8, 4) is 22.5 Å². The highest BCUT2D eigenvalue weighted by atomic mass is 16.4. The number of carbonyl (C=O) groups excluding carboxylic acids is 1. The summed E-state index contributed by atoms with van der Waals surface area (Å²) in [7, 11) is 0. The van der Waals surface area contributed by atoms with Gasteiger partial charge in [-0.25, -0.2) is 0 Å². The maximum Gasteiger partial charge on any atom is 0.320 e. The van der Waals surface area contributed by atoms with Crippen molar-refractivity contribution < 1.29 is 14.7 Å². The van der Waals surface area contributed by atoms with Crippen molar-refractivity contribution in [1.29, 1.82) is 0 Å². The summed E-state index contributed by atoms with van der Waals surface area (Å²) in [6, 6.07) is 15.0. The molecule has 8 heteroatoms. The van der Waals surface area contributed by atoms with Gasteiger partial charge >= 0.3 is 5.97 Å².